The fraction of sp³-hybridized carbons (Fsp3) is 0.350. The third kappa shape index (κ3) is 5.73. The Balaban J connectivity index is 0.00000261. The fourth-order valence-corrected chi connectivity index (χ4v) is 3.57. The number of rotatable bonds is 6. The number of nitrogens with zero attached hydrogens (tertiary/aromatic N) is 1. The third-order valence-electron chi connectivity index (χ3n) is 4.85. The molecule has 0 unspecified atom stereocenters. The van der Waals surface area contributed by atoms with E-state index in [2.05, 4.69) is 22.3 Å². The molecule has 27 heavy (non-hydrogen) atoms. The molecule has 1 heterocycles. The third-order valence-corrected chi connectivity index (χ3v) is 4.85. The van der Waals surface area contributed by atoms with Gasteiger partial charge in [-0.25, -0.2) is 8.78 Å². The SMILES string of the molecule is Cl.NC[C@@H]1CN(CCC(=O)Nc2cc(F)cc(F)c2)C[C@H]1c1ccccc1. The summed E-state index contributed by atoms with van der Waals surface area (Å²) in [7, 11) is 0. The maximum atomic E-state index is 13.2. The van der Waals surface area contributed by atoms with Crippen molar-refractivity contribution in [3.8, 4) is 0 Å². The van der Waals surface area contributed by atoms with E-state index >= 15 is 0 Å². The van der Waals surface area contributed by atoms with E-state index < -0.39 is 11.6 Å². The van der Waals surface area contributed by atoms with Gasteiger partial charge in [-0.1, -0.05) is 30.3 Å². The topological polar surface area (TPSA) is 58.4 Å². The maximum absolute atomic E-state index is 13.2. The van der Waals surface area contributed by atoms with Gasteiger partial charge in [0.15, 0.2) is 0 Å². The summed E-state index contributed by atoms with van der Waals surface area (Å²) >= 11 is 0. The molecule has 2 aromatic rings. The number of halogens is 3. The zero-order valence-corrected chi connectivity index (χ0v) is 15.7. The lowest BCUT2D eigenvalue weighted by molar-refractivity contribution is -0.116. The number of nitrogens with two attached hydrogens (primary N) is 1. The predicted molar refractivity (Wildman–Crippen MR) is 105 cm³/mol. The molecule has 0 aliphatic carbocycles. The predicted octanol–water partition coefficient (Wildman–Crippen LogP) is 3.39. The Morgan fingerprint density at radius 2 is 1.78 bits per heavy atom. The molecule has 0 saturated carbocycles. The number of amides is 1. The molecule has 1 fully saturated rings. The molecule has 146 valence electrons. The summed E-state index contributed by atoms with van der Waals surface area (Å²) in [5, 5.41) is 2.55. The molecule has 4 nitrogen and oxygen atoms in total. The number of carbonyl (C=O) groups is 1. The number of hydrogen-bond acceptors (Lipinski definition) is 3. The molecule has 7 heteroatoms. The molecule has 3 N–H and O–H groups in total. The standard InChI is InChI=1S/C20H23F2N3O.ClH/c21-16-8-17(22)10-18(9-16)24-20(26)6-7-25-12-15(11-23)19(13-25)14-4-2-1-3-5-14;/h1-5,8-10,15,19H,6-7,11-13,23H2,(H,24,26);1H/t15-,19+;/m1./s1. The molecule has 0 aromatic heterocycles. The van der Waals surface area contributed by atoms with Gasteiger partial charge in [-0.15, -0.1) is 12.4 Å². The highest BCUT2D eigenvalue weighted by molar-refractivity contribution is 5.90. The highest BCUT2D eigenvalue weighted by Crippen LogP contribution is 2.31. The van der Waals surface area contributed by atoms with Gasteiger partial charge in [-0.2, -0.15) is 0 Å². The van der Waals surface area contributed by atoms with Gasteiger partial charge in [0.25, 0.3) is 0 Å². The molecule has 0 bridgehead atoms. The van der Waals surface area contributed by atoms with E-state index in [-0.39, 0.29) is 30.4 Å². The number of nitrogens with one attached hydrogen (secondary N) is 1. The second kappa shape index (κ2) is 9.78. The van der Waals surface area contributed by atoms with Crippen LogP contribution in [0.25, 0.3) is 0 Å². The summed E-state index contributed by atoms with van der Waals surface area (Å²) in [5.41, 5.74) is 7.34. The van der Waals surface area contributed by atoms with Crippen LogP contribution < -0.4 is 11.1 Å². The van der Waals surface area contributed by atoms with Crippen molar-refractivity contribution in [2.75, 3.05) is 31.5 Å². The maximum Gasteiger partial charge on any atom is 0.225 e. The highest BCUT2D eigenvalue weighted by atomic mass is 35.5. The van der Waals surface area contributed by atoms with Crippen LogP contribution in [-0.4, -0.2) is 37.0 Å². The Labute approximate surface area is 164 Å². The summed E-state index contributed by atoms with van der Waals surface area (Å²) < 4.78 is 26.4. The second-order valence-corrected chi connectivity index (χ2v) is 6.73. The van der Waals surface area contributed by atoms with Crippen molar-refractivity contribution in [2.24, 2.45) is 11.7 Å². The number of benzene rings is 2. The van der Waals surface area contributed by atoms with Crippen molar-refractivity contribution in [3.05, 3.63) is 65.7 Å². The van der Waals surface area contributed by atoms with Crippen LogP contribution in [0.2, 0.25) is 0 Å². The Hall–Kier alpha value is -2.02. The van der Waals surface area contributed by atoms with Crippen molar-refractivity contribution >= 4 is 24.0 Å². The molecule has 0 radical (unpaired) electrons. The largest absolute Gasteiger partial charge is 0.330 e. The Kier molecular flexibility index (Phi) is 7.71. The number of likely N-dealkylation sites (tertiary alicyclic amines) is 1. The molecule has 3 rings (SSSR count). The summed E-state index contributed by atoms with van der Waals surface area (Å²) in [5.74, 6) is -0.963. The molecule has 2 atom stereocenters. The molecular formula is C20H24ClF2N3O. The Morgan fingerprint density at radius 1 is 1.11 bits per heavy atom. The number of hydrogen-bond donors (Lipinski definition) is 2. The fourth-order valence-electron chi connectivity index (χ4n) is 3.57. The number of anilines is 1. The van der Waals surface area contributed by atoms with Crippen LogP contribution in [0.1, 0.15) is 17.9 Å². The van der Waals surface area contributed by atoms with Gasteiger partial charge in [0.2, 0.25) is 5.91 Å². The Bertz CT molecular complexity index is 740. The lowest BCUT2D eigenvalue weighted by atomic mass is 9.89. The lowest BCUT2D eigenvalue weighted by Gasteiger charge is -2.16. The van der Waals surface area contributed by atoms with Gasteiger partial charge < -0.3 is 16.0 Å². The van der Waals surface area contributed by atoms with Crippen molar-refractivity contribution in [1.29, 1.82) is 0 Å². The van der Waals surface area contributed by atoms with E-state index in [1.165, 1.54) is 5.56 Å². The first-order valence-electron chi connectivity index (χ1n) is 8.78. The van der Waals surface area contributed by atoms with E-state index in [1.807, 2.05) is 18.2 Å². The van der Waals surface area contributed by atoms with Crippen LogP contribution in [-0.2, 0) is 4.79 Å². The van der Waals surface area contributed by atoms with Crippen LogP contribution in [0.5, 0.6) is 0 Å². The van der Waals surface area contributed by atoms with E-state index in [0.29, 0.717) is 24.9 Å². The molecule has 1 saturated heterocycles. The summed E-state index contributed by atoms with van der Waals surface area (Å²) in [6.45, 7) is 2.89. The van der Waals surface area contributed by atoms with E-state index in [1.54, 1.807) is 0 Å². The van der Waals surface area contributed by atoms with Crippen molar-refractivity contribution < 1.29 is 13.6 Å². The average molecular weight is 396 g/mol. The van der Waals surface area contributed by atoms with Gasteiger partial charge in [-0.05, 0) is 30.2 Å². The number of carbonyl (C=O) groups excluding carboxylic acids is 1. The second-order valence-electron chi connectivity index (χ2n) is 6.73. The molecule has 1 aliphatic rings. The van der Waals surface area contributed by atoms with Gasteiger partial charge >= 0.3 is 0 Å². The minimum absolute atomic E-state index is 0. The molecular weight excluding hydrogens is 372 g/mol. The molecule has 1 amide bonds. The van der Waals surface area contributed by atoms with Crippen molar-refractivity contribution in [1.82, 2.24) is 4.90 Å². The highest BCUT2D eigenvalue weighted by Gasteiger charge is 2.32. The van der Waals surface area contributed by atoms with E-state index in [9.17, 15) is 13.6 Å². The average Bonchev–Trinajstić information content (AvgIpc) is 3.03. The summed E-state index contributed by atoms with van der Waals surface area (Å²) in [6.07, 6.45) is 0.261. The van der Waals surface area contributed by atoms with E-state index in [4.69, 9.17) is 5.73 Å². The Morgan fingerprint density at radius 3 is 2.41 bits per heavy atom. The van der Waals surface area contributed by atoms with Crippen LogP contribution in [0.4, 0.5) is 14.5 Å². The van der Waals surface area contributed by atoms with Gasteiger partial charge in [-0.3, -0.25) is 4.79 Å². The monoisotopic (exact) mass is 395 g/mol. The van der Waals surface area contributed by atoms with Crippen LogP contribution in [0.15, 0.2) is 48.5 Å². The molecule has 2 aromatic carbocycles. The normalized spacial score (nSPS) is 19.5. The molecule has 1 aliphatic heterocycles. The zero-order valence-electron chi connectivity index (χ0n) is 14.9. The minimum Gasteiger partial charge on any atom is -0.330 e. The van der Waals surface area contributed by atoms with Crippen LogP contribution in [0.3, 0.4) is 0 Å². The first-order chi connectivity index (χ1) is 12.5. The first kappa shape index (κ1) is 21.3. The molecule has 0 spiro atoms. The van der Waals surface area contributed by atoms with E-state index in [0.717, 1.165) is 31.3 Å². The van der Waals surface area contributed by atoms with Crippen molar-refractivity contribution in [2.45, 2.75) is 12.3 Å². The van der Waals surface area contributed by atoms with Gasteiger partial charge in [0, 0.05) is 43.7 Å². The van der Waals surface area contributed by atoms with Crippen molar-refractivity contribution in [3.63, 3.8) is 0 Å². The van der Waals surface area contributed by atoms with Gasteiger partial charge in [0.05, 0.1) is 0 Å². The summed E-state index contributed by atoms with van der Waals surface area (Å²) in [4.78, 5) is 14.3. The lowest BCUT2D eigenvalue weighted by Crippen LogP contribution is -2.27. The van der Waals surface area contributed by atoms with Gasteiger partial charge in [0.1, 0.15) is 11.6 Å². The minimum atomic E-state index is -0.712. The summed E-state index contributed by atoms with van der Waals surface area (Å²) in [6, 6.07) is 13.3. The quantitative estimate of drug-likeness (QED) is 0.788. The first-order valence-corrected chi connectivity index (χ1v) is 8.78. The van der Waals surface area contributed by atoms with Crippen LogP contribution in [0, 0.1) is 17.6 Å². The zero-order chi connectivity index (χ0) is 18.5. The smallest absolute Gasteiger partial charge is 0.225 e. The van der Waals surface area contributed by atoms with Crippen LogP contribution >= 0.6 is 12.4 Å².